The molecule has 0 aliphatic carbocycles. The number of hydrogen-bond donors (Lipinski definition) is 1. The highest BCUT2D eigenvalue weighted by atomic mass is 35.5. The highest BCUT2D eigenvalue weighted by molar-refractivity contribution is 6.34. The van der Waals surface area contributed by atoms with Gasteiger partial charge in [-0.15, -0.1) is 0 Å². The Morgan fingerprint density at radius 1 is 0.967 bits per heavy atom. The van der Waals surface area contributed by atoms with Gasteiger partial charge in [-0.1, -0.05) is 47.5 Å². The van der Waals surface area contributed by atoms with Gasteiger partial charge in [0, 0.05) is 34.5 Å². The lowest BCUT2D eigenvalue weighted by atomic mass is 9.93. The largest absolute Gasteiger partial charge is 0.480 e. The number of carboxylic acids is 1. The molecule has 1 fully saturated rings. The van der Waals surface area contributed by atoms with Gasteiger partial charge in [0.05, 0.1) is 0 Å². The van der Waals surface area contributed by atoms with Gasteiger partial charge in [0.15, 0.2) is 0 Å². The summed E-state index contributed by atoms with van der Waals surface area (Å²) in [6.45, 7) is 0.424. The lowest BCUT2D eigenvalue weighted by Gasteiger charge is -2.22. The molecule has 2 aromatic carbocycles. The summed E-state index contributed by atoms with van der Waals surface area (Å²) < 4.78 is 0. The molecule has 0 saturated carbocycles. The van der Waals surface area contributed by atoms with Gasteiger partial charge in [0.25, 0.3) is 5.91 Å². The molecule has 4 rings (SSSR count). The van der Waals surface area contributed by atoms with Gasteiger partial charge in [-0.3, -0.25) is 4.79 Å². The van der Waals surface area contributed by atoms with Gasteiger partial charge in [0.1, 0.15) is 11.2 Å². The number of carbonyl (C=O) groups is 2. The van der Waals surface area contributed by atoms with Crippen LogP contribution >= 0.6 is 23.2 Å². The van der Waals surface area contributed by atoms with E-state index in [1.807, 2.05) is 24.3 Å². The number of hydrogen-bond acceptors (Lipinski definition) is 3. The first-order valence-corrected chi connectivity index (χ1v) is 10.3. The summed E-state index contributed by atoms with van der Waals surface area (Å²) >= 11 is 12.8. The fraction of sp³-hybridized carbons (Fsp3) is 0.174. The zero-order valence-corrected chi connectivity index (χ0v) is 17.4. The van der Waals surface area contributed by atoms with Crippen LogP contribution < -0.4 is 0 Å². The second-order valence-electron chi connectivity index (χ2n) is 7.08. The molecule has 0 spiro atoms. The minimum absolute atomic E-state index is 0.308. The van der Waals surface area contributed by atoms with Crippen LogP contribution in [0.3, 0.4) is 0 Å². The third kappa shape index (κ3) is 3.78. The van der Waals surface area contributed by atoms with Crippen molar-refractivity contribution in [2.24, 2.45) is 0 Å². The van der Waals surface area contributed by atoms with Crippen molar-refractivity contribution in [3.63, 3.8) is 0 Å². The molecular weight excluding hydrogens is 423 g/mol. The molecule has 1 aliphatic rings. The van der Waals surface area contributed by atoms with Crippen molar-refractivity contribution in [3.8, 4) is 22.3 Å². The second-order valence-corrected chi connectivity index (χ2v) is 7.84. The van der Waals surface area contributed by atoms with Crippen LogP contribution in [-0.4, -0.2) is 39.5 Å². The molecule has 30 heavy (non-hydrogen) atoms. The SMILES string of the molecule is O=C(O)C1CCCN1C(=O)c1ccc(-c2cccnc2Cl)c(-c2ccccc2Cl)c1. The summed E-state index contributed by atoms with van der Waals surface area (Å²) in [5.74, 6) is -1.29. The molecule has 1 atom stereocenters. The summed E-state index contributed by atoms with van der Waals surface area (Å²) in [5.41, 5.74) is 3.39. The van der Waals surface area contributed by atoms with Crippen molar-refractivity contribution in [1.82, 2.24) is 9.88 Å². The van der Waals surface area contributed by atoms with E-state index < -0.39 is 12.0 Å². The molecule has 0 radical (unpaired) electrons. The van der Waals surface area contributed by atoms with E-state index in [-0.39, 0.29) is 5.91 Å². The smallest absolute Gasteiger partial charge is 0.326 e. The first-order valence-electron chi connectivity index (χ1n) is 9.51. The summed E-state index contributed by atoms with van der Waals surface area (Å²) in [7, 11) is 0. The Kier molecular flexibility index (Phi) is 5.75. The average Bonchev–Trinajstić information content (AvgIpc) is 3.24. The summed E-state index contributed by atoms with van der Waals surface area (Å²) in [5, 5.41) is 10.3. The Morgan fingerprint density at radius 2 is 1.73 bits per heavy atom. The number of likely N-dealkylation sites (tertiary alicyclic amines) is 1. The molecule has 7 heteroatoms. The monoisotopic (exact) mass is 440 g/mol. The quantitative estimate of drug-likeness (QED) is 0.550. The zero-order chi connectivity index (χ0) is 21.3. The minimum Gasteiger partial charge on any atom is -0.480 e. The first kappa shape index (κ1) is 20.4. The Labute approximate surface area is 183 Å². The number of halogens is 2. The lowest BCUT2D eigenvalue weighted by molar-refractivity contribution is -0.141. The average molecular weight is 441 g/mol. The number of carboxylic acid groups (broad SMARTS) is 1. The number of rotatable bonds is 4. The molecule has 1 N–H and O–H groups in total. The van der Waals surface area contributed by atoms with E-state index in [2.05, 4.69) is 4.98 Å². The third-order valence-electron chi connectivity index (χ3n) is 5.28. The summed E-state index contributed by atoms with van der Waals surface area (Å²) in [4.78, 5) is 30.2. The van der Waals surface area contributed by atoms with E-state index in [0.29, 0.717) is 35.1 Å². The molecule has 1 aromatic heterocycles. The number of aromatic nitrogens is 1. The van der Waals surface area contributed by atoms with Crippen LogP contribution in [0.4, 0.5) is 0 Å². The fourth-order valence-electron chi connectivity index (χ4n) is 3.83. The Bertz CT molecular complexity index is 1130. The Hall–Kier alpha value is -2.89. The first-order chi connectivity index (χ1) is 14.5. The number of carbonyl (C=O) groups excluding carboxylic acids is 1. The number of nitrogens with zero attached hydrogens (tertiary/aromatic N) is 2. The Morgan fingerprint density at radius 3 is 2.47 bits per heavy atom. The van der Waals surface area contributed by atoms with Crippen LogP contribution in [-0.2, 0) is 4.79 Å². The molecule has 2 heterocycles. The van der Waals surface area contributed by atoms with Crippen molar-refractivity contribution in [2.75, 3.05) is 6.54 Å². The number of amides is 1. The normalized spacial score (nSPS) is 15.9. The van der Waals surface area contributed by atoms with Crippen molar-refractivity contribution in [2.45, 2.75) is 18.9 Å². The molecule has 1 amide bonds. The topological polar surface area (TPSA) is 70.5 Å². The maximum absolute atomic E-state index is 13.1. The van der Waals surface area contributed by atoms with Gasteiger partial charge < -0.3 is 10.0 Å². The molecule has 0 bridgehead atoms. The number of aliphatic carboxylic acids is 1. The standard InChI is InChI=1S/C23H18Cl2N2O3/c24-19-7-2-1-5-16(19)18-13-14(22(28)27-12-4-8-20(27)23(29)30)9-10-15(18)17-6-3-11-26-21(17)25/h1-3,5-7,9-11,13,20H,4,8,12H2,(H,29,30). The van der Waals surface area contributed by atoms with Crippen LogP contribution in [0.2, 0.25) is 10.2 Å². The maximum atomic E-state index is 13.1. The van der Waals surface area contributed by atoms with Crippen molar-refractivity contribution < 1.29 is 14.7 Å². The van der Waals surface area contributed by atoms with Gasteiger partial charge in [-0.05, 0) is 54.3 Å². The number of benzene rings is 2. The van der Waals surface area contributed by atoms with Crippen LogP contribution in [0, 0.1) is 0 Å². The van der Waals surface area contributed by atoms with Crippen LogP contribution in [0.25, 0.3) is 22.3 Å². The van der Waals surface area contributed by atoms with Gasteiger partial charge in [-0.25, -0.2) is 9.78 Å². The maximum Gasteiger partial charge on any atom is 0.326 e. The molecule has 3 aromatic rings. The van der Waals surface area contributed by atoms with Crippen molar-refractivity contribution in [3.05, 3.63) is 76.5 Å². The molecule has 152 valence electrons. The molecular formula is C23H18Cl2N2O3. The minimum atomic E-state index is -0.981. The summed E-state index contributed by atoms with van der Waals surface area (Å²) in [6.07, 6.45) is 2.74. The molecule has 1 saturated heterocycles. The highest BCUT2D eigenvalue weighted by Gasteiger charge is 2.34. The van der Waals surface area contributed by atoms with Crippen LogP contribution in [0.15, 0.2) is 60.8 Å². The lowest BCUT2D eigenvalue weighted by Crippen LogP contribution is -2.40. The predicted molar refractivity (Wildman–Crippen MR) is 117 cm³/mol. The van der Waals surface area contributed by atoms with Gasteiger partial charge in [0.2, 0.25) is 0 Å². The van der Waals surface area contributed by atoms with Crippen LogP contribution in [0.5, 0.6) is 0 Å². The van der Waals surface area contributed by atoms with Gasteiger partial charge in [-0.2, -0.15) is 0 Å². The van der Waals surface area contributed by atoms with E-state index >= 15 is 0 Å². The van der Waals surface area contributed by atoms with E-state index in [1.54, 1.807) is 36.5 Å². The second kappa shape index (κ2) is 8.46. The van der Waals surface area contributed by atoms with E-state index in [0.717, 1.165) is 22.3 Å². The van der Waals surface area contributed by atoms with Gasteiger partial charge >= 0.3 is 5.97 Å². The molecule has 1 unspecified atom stereocenters. The van der Waals surface area contributed by atoms with Crippen molar-refractivity contribution >= 4 is 35.1 Å². The molecule has 5 nitrogen and oxygen atoms in total. The zero-order valence-electron chi connectivity index (χ0n) is 15.9. The highest BCUT2D eigenvalue weighted by Crippen LogP contribution is 2.39. The Balaban J connectivity index is 1.85. The van der Waals surface area contributed by atoms with Crippen LogP contribution in [0.1, 0.15) is 23.2 Å². The summed E-state index contributed by atoms with van der Waals surface area (Å²) in [6, 6.07) is 15.4. The fourth-order valence-corrected chi connectivity index (χ4v) is 4.29. The van der Waals surface area contributed by atoms with Crippen molar-refractivity contribution in [1.29, 1.82) is 0 Å². The van der Waals surface area contributed by atoms with E-state index in [1.165, 1.54) is 4.90 Å². The third-order valence-corrected chi connectivity index (χ3v) is 5.91. The van der Waals surface area contributed by atoms with E-state index in [9.17, 15) is 14.7 Å². The molecule has 1 aliphatic heterocycles. The predicted octanol–water partition coefficient (Wildman–Crippen LogP) is 5.41. The number of pyridine rings is 1. The van der Waals surface area contributed by atoms with E-state index in [4.69, 9.17) is 23.2 Å².